The van der Waals surface area contributed by atoms with Gasteiger partial charge in [-0.25, -0.2) is 0 Å². The summed E-state index contributed by atoms with van der Waals surface area (Å²) in [7, 11) is 0. The summed E-state index contributed by atoms with van der Waals surface area (Å²) >= 11 is 17.2. The highest BCUT2D eigenvalue weighted by atomic mass is 35.5. The topological polar surface area (TPSA) is 0 Å². The van der Waals surface area contributed by atoms with E-state index in [2.05, 4.69) is 6.92 Å². The Morgan fingerprint density at radius 1 is 1.44 bits per heavy atom. The van der Waals surface area contributed by atoms with Crippen LogP contribution < -0.4 is 0 Å². The molecule has 0 heterocycles. The van der Waals surface area contributed by atoms with E-state index < -0.39 is 4.33 Å². The Hall–Kier alpha value is 0.870. The molecule has 0 amide bonds. The quantitative estimate of drug-likeness (QED) is 0.583. The molecule has 3 heteroatoms. The van der Waals surface area contributed by atoms with E-state index in [-0.39, 0.29) is 5.41 Å². The van der Waals surface area contributed by atoms with Gasteiger partial charge in [0.25, 0.3) is 0 Å². The van der Waals surface area contributed by atoms with Crippen molar-refractivity contribution in [3.05, 3.63) is 0 Å². The van der Waals surface area contributed by atoms with E-state index in [0.29, 0.717) is 5.88 Å². The van der Waals surface area contributed by atoms with Gasteiger partial charge in [0.05, 0.1) is 0 Å². The van der Waals surface area contributed by atoms with Gasteiger partial charge in [-0.2, -0.15) is 0 Å². The first kappa shape index (κ1) is 7.97. The molecule has 1 aliphatic carbocycles. The number of hydrogen-bond acceptors (Lipinski definition) is 0. The van der Waals surface area contributed by atoms with E-state index >= 15 is 0 Å². The van der Waals surface area contributed by atoms with Crippen molar-refractivity contribution in [2.45, 2.75) is 24.1 Å². The average molecular weight is 187 g/mol. The van der Waals surface area contributed by atoms with Crippen LogP contribution in [0.15, 0.2) is 0 Å². The van der Waals surface area contributed by atoms with Crippen LogP contribution in [0.4, 0.5) is 0 Å². The average Bonchev–Trinajstić information content (AvgIpc) is 2.07. The van der Waals surface area contributed by atoms with Crippen molar-refractivity contribution in [1.29, 1.82) is 0 Å². The molecule has 0 spiro atoms. The minimum atomic E-state index is -0.484. The maximum atomic E-state index is 5.83. The molecule has 1 aliphatic rings. The van der Waals surface area contributed by atoms with Crippen LogP contribution in [0, 0.1) is 5.41 Å². The lowest BCUT2D eigenvalue weighted by Crippen LogP contribution is -2.04. The summed E-state index contributed by atoms with van der Waals surface area (Å²) in [6.07, 6.45) is 1.80. The smallest absolute Gasteiger partial charge is 0.124 e. The van der Waals surface area contributed by atoms with Gasteiger partial charge in [0.1, 0.15) is 4.33 Å². The second kappa shape index (κ2) is 2.18. The third-order valence-electron chi connectivity index (χ3n) is 2.02. The van der Waals surface area contributed by atoms with Crippen molar-refractivity contribution in [1.82, 2.24) is 0 Å². The molecule has 1 atom stereocenters. The largest absolute Gasteiger partial charge is 0.127 e. The summed E-state index contributed by atoms with van der Waals surface area (Å²) in [6, 6.07) is 0. The minimum absolute atomic E-state index is 0.0951. The Labute approximate surface area is 70.5 Å². The number of halogens is 3. The summed E-state index contributed by atoms with van der Waals surface area (Å²) in [5.74, 6) is 0.650. The first-order chi connectivity index (χ1) is 4.02. The van der Waals surface area contributed by atoms with Crippen LogP contribution in [0.1, 0.15) is 19.8 Å². The highest BCUT2D eigenvalue weighted by Crippen LogP contribution is 2.65. The van der Waals surface area contributed by atoms with Crippen LogP contribution in [-0.4, -0.2) is 10.2 Å². The SMILES string of the molecule is CC1(CCCl)CC1(Cl)Cl. The first-order valence-electron chi connectivity index (χ1n) is 2.96. The zero-order valence-electron chi connectivity index (χ0n) is 5.26. The Kier molecular flexibility index (Phi) is 1.93. The second-order valence-electron chi connectivity index (χ2n) is 2.88. The number of hydrogen-bond donors (Lipinski definition) is 0. The van der Waals surface area contributed by atoms with E-state index in [1.807, 2.05) is 0 Å². The van der Waals surface area contributed by atoms with Crippen LogP contribution in [0.3, 0.4) is 0 Å². The lowest BCUT2D eigenvalue weighted by Gasteiger charge is -2.07. The van der Waals surface area contributed by atoms with Gasteiger partial charge >= 0.3 is 0 Å². The fourth-order valence-corrected chi connectivity index (χ4v) is 2.12. The summed E-state index contributed by atoms with van der Waals surface area (Å²) in [4.78, 5) is 0. The lowest BCUT2D eigenvalue weighted by atomic mass is 10.1. The summed E-state index contributed by atoms with van der Waals surface area (Å²) < 4.78 is -0.484. The van der Waals surface area contributed by atoms with Gasteiger partial charge in [0, 0.05) is 11.3 Å². The van der Waals surface area contributed by atoms with Gasteiger partial charge in [0.2, 0.25) is 0 Å². The van der Waals surface area contributed by atoms with Crippen LogP contribution in [0.2, 0.25) is 0 Å². The van der Waals surface area contributed by atoms with Gasteiger partial charge in [-0.05, 0) is 12.8 Å². The van der Waals surface area contributed by atoms with Crippen molar-refractivity contribution < 1.29 is 0 Å². The molecule has 1 fully saturated rings. The van der Waals surface area contributed by atoms with Crippen molar-refractivity contribution in [3.8, 4) is 0 Å². The highest BCUT2D eigenvalue weighted by molar-refractivity contribution is 6.51. The Bertz CT molecular complexity index is 121. The lowest BCUT2D eigenvalue weighted by molar-refractivity contribution is 0.545. The van der Waals surface area contributed by atoms with Gasteiger partial charge in [-0.1, -0.05) is 6.92 Å². The number of alkyl halides is 3. The Morgan fingerprint density at radius 3 is 2.00 bits per heavy atom. The maximum Gasteiger partial charge on any atom is 0.124 e. The van der Waals surface area contributed by atoms with E-state index in [4.69, 9.17) is 34.8 Å². The third kappa shape index (κ3) is 1.31. The van der Waals surface area contributed by atoms with Gasteiger partial charge < -0.3 is 0 Å². The van der Waals surface area contributed by atoms with Gasteiger partial charge in [-0.3, -0.25) is 0 Å². The monoisotopic (exact) mass is 186 g/mol. The molecule has 0 saturated heterocycles. The van der Waals surface area contributed by atoms with Gasteiger partial charge in [0.15, 0.2) is 0 Å². The Morgan fingerprint density at radius 2 is 1.89 bits per heavy atom. The fraction of sp³-hybridized carbons (Fsp3) is 1.00. The van der Waals surface area contributed by atoms with Crippen molar-refractivity contribution >= 4 is 34.8 Å². The van der Waals surface area contributed by atoms with E-state index in [0.717, 1.165) is 12.8 Å². The molecule has 0 aromatic heterocycles. The maximum absolute atomic E-state index is 5.83. The minimum Gasteiger partial charge on any atom is -0.127 e. The molecule has 9 heavy (non-hydrogen) atoms. The molecule has 1 unspecified atom stereocenters. The Balaban J connectivity index is 2.42. The molecule has 0 aromatic carbocycles. The summed E-state index contributed by atoms with van der Waals surface area (Å²) in [6.45, 7) is 2.06. The van der Waals surface area contributed by atoms with E-state index in [1.54, 1.807) is 0 Å². The zero-order valence-corrected chi connectivity index (χ0v) is 7.52. The normalized spacial score (nSPS) is 38.7. The van der Waals surface area contributed by atoms with E-state index in [9.17, 15) is 0 Å². The molecule has 54 valence electrons. The van der Waals surface area contributed by atoms with Crippen molar-refractivity contribution in [2.75, 3.05) is 5.88 Å². The van der Waals surface area contributed by atoms with Crippen LogP contribution in [-0.2, 0) is 0 Å². The van der Waals surface area contributed by atoms with Crippen LogP contribution in [0.25, 0.3) is 0 Å². The molecule has 0 N–H and O–H groups in total. The van der Waals surface area contributed by atoms with Gasteiger partial charge in [-0.15, -0.1) is 34.8 Å². The predicted molar refractivity (Wildman–Crippen MR) is 42.5 cm³/mol. The molecular weight excluding hydrogens is 178 g/mol. The van der Waals surface area contributed by atoms with Crippen LogP contribution >= 0.6 is 34.8 Å². The third-order valence-corrected chi connectivity index (χ3v) is 3.39. The molecule has 0 nitrogen and oxygen atoms in total. The van der Waals surface area contributed by atoms with Crippen LogP contribution in [0.5, 0.6) is 0 Å². The fourth-order valence-electron chi connectivity index (χ4n) is 0.926. The highest BCUT2D eigenvalue weighted by Gasteiger charge is 2.61. The predicted octanol–water partition coefficient (Wildman–Crippen LogP) is 3.20. The van der Waals surface area contributed by atoms with Crippen molar-refractivity contribution in [2.24, 2.45) is 5.41 Å². The molecular formula is C6H9Cl3. The first-order valence-corrected chi connectivity index (χ1v) is 4.25. The molecule has 0 bridgehead atoms. The molecule has 1 rings (SSSR count). The van der Waals surface area contributed by atoms with Crippen molar-refractivity contribution in [3.63, 3.8) is 0 Å². The molecule has 0 aliphatic heterocycles. The summed E-state index contributed by atoms with van der Waals surface area (Å²) in [5, 5.41) is 0. The summed E-state index contributed by atoms with van der Waals surface area (Å²) in [5.41, 5.74) is 0.0951. The second-order valence-corrected chi connectivity index (χ2v) is 4.74. The molecule has 1 saturated carbocycles. The molecule has 0 aromatic rings. The van der Waals surface area contributed by atoms with E-state index in [1.165, 1.54) is 0 Å². The zero-order chi connectivity index (χ0) is 7.12. The standard InChI is InChI=1S/C6H9Cl3/c1-5(2-3-7)4-6(5,8)9/h2-4H2,1H3. The number of rotatable bonds is 2. The molecule has 0 radical (unpaired) electrons.